The molecule has 0 fully saturated rings. The van der Waals surface area contributed by atoms with Gasteiger partial charge in [0.15, 0.2) is 0 Å². The molecule has 2 aromatic rings. The minimum atomic E-state index is -1.12. The van der Waals surface area contributed by atoms with Gasteiger partial charge in [0.2, 0.25) is 0 Å². The summed E-state index contributed by atoms with van der Waals surface area (Å²) in [5.41, 5.74) is 3.33. The van der Waals surface area contributed by atoms with E-state index in [0.29, 0.717) is 22.9 Å². The van der Waals surface area contributed by atoms with Gasteiger partial charge in [-0.2, -0.15) is 0 Å². The number of carbonyl (C=O) groups excluding carboxylic acids is 2. The number of carbonyl (C=O) groups is 3. The van der Waals surface area contributed by atoms with Crippen LogP contribution in [0.5, 0.6) is 0 Å². The SMILES string of the molecule is CN(NC(=O)c1ccccc1)C(=O)S[C@@H](C(=O)O)c1ccccc1. The molecule has 0 heterocycles. The Morgan fingerprint density at radius 1 is 1.00 bits per heavy atom. The second-order valence-electron chi connectivity index (χ2n) is 4.88. The third kappa shape index (κ3) is 4.60. The van der Waals surface area contributed by atoms with E-state index in [1.54, 1.807) is 60.7 Å². The maximum atomic E-state index is 12.2. The van der Waals surface area contributed by atoms with Crippen LogP contribution < -0.4 is 5.43 Å². The largest absolute Gasteiger partial charge is 0.480 e. The molecule has 24 heavy (non-hydrogen) atoms. The number of nitrogens with one attached hydrogen (secondary N) is 1. The summed E-state index contributed by atoms with van der Waals surface area (Å²) in [6.07, 6.45) is 0. The highest BCUT2D eigenvalue weighted by atomic mass is 32.2. The molecule has 2 aromatic carbocycles. The number of carboxylic acids is 1. The van der Waals surface area contributed by atoms with Crippen LogP contribution in [-0.2, 0) is 4.79 Å². The van der Waals surface area contributed by atoms with Crippen LogP contribution in [0.4, 0.5) is 4.79 Å². The molecule has 1 atom stereocenters. The molecular formula is C17H16N2O4S. The molecule has 6 nitrogen and oxygen atoms in total. The smallest absolute Gasteiger partial charge is 0.321 e. The molecule has 2 rings (SSSR count). The number of rotatable bonds is 4. The zero-order valence-electron chi connectivity index (χ0n) is 12.9. The van der Waals surface area contributed by atoms with Crippen molar-refractivity contribution >= 4 is 28.9 Å². The number of thioether (sulfide) groups is 1. The predicted molar refractivity (Wildman–Crippen MR) is 91.5 cm³/mol. The lowest BCUT2D eigenvalue weighted by molar-refractivity contribution is -0.136. The molecule has 0 bridgehead atoms. The lowest BCUT2D eigenvalue weighted by atomic mass is 10.1. The molecule has 0 aliphatic rings. The maximum absolute atomic E-state index is 12.2. The van der Waals surface area contributed by atoms with Crippen molar-refractivity contribution in [1.82, 2.24) is 10.4 Å². The first-order valence-corrected chi connectivity index (χ1v) is 7.95. The minimum Gasteiger partial charge on any atom is -0.480 e. The van der Waals surface area contributed by atoms with Crippen LogP contribution in [0, 0.1) is 0 Å². The summed E-state index contributed by atoms with van der Waals surface area (Å²) >= 11 is 0.624. The molecule has 7 heteroatoms. The standard InChI is InChI=1S/C17H16N2O4S/c1-19(18-15(20)13-10-6-3-7-11-13)17(23)24-14(16(21)22)12-8-4-2-5-9-12/h2-11,14H,1H3,(H,18,20)(H,21,22)/t14-/m1/s1. The summed E-state index contributed by atoms with van der Waals surface area (Å²) in [4.78, 5) is 35.7. The zero-order valence-corrected chi connectivity index (χ0v) is 13.7. The maximum Gasteiger partial charge on any atom is 0.321 e. The van der Waals surface area contributed by atoms with E-state index in [-0.39, 0.29) is 0 Å². The molecule has 0 aliphatic heterocycles. The highest BCUT2D eigenvalue weighted by Crippen LogP contribution is 2.30. The van der Waals surface area contributed by atoms with Crippen LogP contribution in [0.15, 0.2) is 60.7 Å². The van der Waals surface area contributed by atoms with Gasteiger partial charge in [-0.25, -0.2) is 5.01 Å². The first-order valence-electron chi connectivity index (χ1n) is 7.07. The van der Waals surface area contributed by atoms with E-state index < -0.39 is 22.4 Å². The molecule has 0 unspecified atom stereocenters. The summed E-state index contributed by atoms with van der Waals surface area (Å²) in [5, 5.41) is 8.70. The van der Waals surface area contributed by atoms with Gasteiger partial charge in [-0.3, -0.25) is 19.8 Å². The van der Waals surface area contributed by atoms with Crippen LogP contribution in [0.1, 0.15) is 21.2 Å². The van der Waals surface area contributed by atoms with Crippen molar-refractivity contribution in [2.75, 3.05) is 7.05 Å². The van der Waals surface area contributed by atoms with E-state index in [4.69, 9.17) is 0 Å². The number of hydrogen-bond donors (Lipinski definition) is 2. The van der Waals surface area contributed by atoms with Gasteiger partial charge in [0.05, 0.1) is 0 Å². The third-order valence-electron chi connectivity index (χ3n) is 3.12. The van der Waals surface area contributed by atoms with Crippen LogP contribution in [-0.4, -0.2) is 34.3 Å². The Morgan fingerprint density at radius 3 is 2.08 bits per heavy atom. The molecule has 0 radical (unpaired) electrons. The number of carboxylic acid groups (broad SMARTS) is 1. The van der Waals surface area contributed by atoms with Crippen molar-refractivity contribution in [2.24, 2.45) is 0 Å². The van der Waals surface area contributed by atoms with Crippen molar-refractivity contribution in [3.63, 3.8) is 0 Å². The number of hydrazine groups is 1. The molecule has 124 valence electrons. The van der Waals surface area contributed by atoms with Gasteiger partial charge >= 0.3 is 11.2 Å². The Labute approximate surface area is 143 Å². The van der Waals surface area contributed by atoms with Crippen LogP contribution >= 0.6 is 11.8 Å². The summed E-state index contributed by atoms with van der Waals surface area (Å²) in [5.74, 6) is -1.57. The second kappa shape index (κ2) is 8.16. The number of hydrogen-bond acceptors (Lipinski definition) is 4. The lowest BCUT2D eigenvalue weighted by Crippen LogP contribution is -2.41. The average Bonchev–Trinajstić information content (AvgIpc) is 2.60. The molecule has 0 spiro atoms. The van der Waals surface area contributed by atoms with Gasteiger partial charge in [0.1, 0.15) is 5.25 Å². The molecule has 0 saturated carbocycles. The third-order valence-corrected chi connectivity index (χ3v) is 4.31. The van der Waals surface area contributed by atoms with Crippen molar-refractivity contribution in [3.05, 3.63) is 71.8 Å². The van der Waals surface area contributed by atoms with Crippen molar-refractivity contribution in [3.8, 4) is 0 Å². The topological polar surface area (TPSA) is 86.7 Å². The molecule has 2 amide bonds. The number of nitrogens with zero attached hydrogens (tertiary/aromatic N) is 1. The Bertz CT molecular complexity index is 722. The fraction of sp³-hybridized carbons (Fsp3) is 0.118. The van der Waals surface area contributed by atoms with E-state index in [1.807, 2.05) is 0 Å². The minimum absolute atomic E-state index is 0.403. The average molecular weight is 344 g/mol. The van der Waals surface area contributed by atoms with Gasteiger partial charge in [-0.1, -0.05) is 48.5 Å². The highest BCUT2D eigenvalue weighted by molar-refractivity contribution is 8.14. The Morgan fingerprint density at radius 2 is 1.54 bits per heavy atom. The van der Waals surface area contributed by atoms with Crippen LogP contribution in [0.25, 0.3) is 0 Å². The van der Waals surface area contributed by atoms with Crippen molar-refractivity contribution < 1.29 is 19.5 Å². The monoisotopic (exact) mass is 344 g/mol. The zero-order chi connectivity index (χ0) is 17.5. The predicted octanol–water partition coefficient (Wildman–Crippen LogP) is 2.94. The summed E-state index contributed by atoms with van der Waals surface area (Å²) in [6.45, 7) is 0. The van der Waals surface area contributed by atoms with Crippen LogP contribution in [0.3, 0.4) is 0 Å². The Hall–Kier alpha value is -2.80. The second-order valence-corrected chi connectivity index (χ2v) is 5.94. The first kappa shape index (κ1) is 17.6. The van der Waals surface area contributed by atoms with E-state index in [1.165, 1.54) is 7.05 Å². The molecule has 0 aliphatic carbocycles. The van der Waals surface area contributed by atoms with Gasteiger partial charge in [0, 0.05) is 12.6 Å². The number of benzene rings is 2. The van der Waals surface area contributed by atoms with Crippen LogP contribution in [0.2, 0.25) is 0 Å². The van der Waals surface area contributed by atoms with Crippen molar-refractivity contribution in [1.29, 1.82) is 0 Å². The van der Waals surface area contributed by atoms with Gasteiger partial charge in [-0.15, -0.1) is 0 Å². The molecule has 0 aromatic heterocycles. The number of aliphatic carboxylic acids is 1. The summed E-state index contributed by atoms with van der Waals surface area (Å²) in [7, 11) is 1.38. The fourth-order valence-electron chi connectivity index (χ4n) is 1.92. The van der Waals surface area contributed by atoms with Gasteiger partial charge in [-0.05, 0) is 29.5 Å². The van der Waals surface area contributed by atoms with Gasteiger partial charge in [0.25, 0.3) is 5.91 Å². The lowest BCUT2D eigenvalue weighted by Gasteiger charge is -2.20. The highest BCUT2D eigenvalue weighted by Gasteiger charge is 2.26. The van der Waals surface area contributed by atoms with E-state index >= 15 is 0 Å². The van der Waals surface area contributed by atoms with Crippen molar-refractivity contribution in [2.45, 2.75) is 5.25 Å². The quantitative estimate of drug-likeness (QED) is 0.833. The molecule has 0 saturated heterocycles. The first-order chi connectivity index (χ1) is 11.5. The molecular weight excluding hydrogens is 328 g/mol. The van der Waals surface area contributed by atoms with E-state index in [0.717, 1.165) is 5.01 Å². The summed E-state index contributed by atoms with van der Waals surface area (Å²) in [6, 6.07) is 16.9. The normalized spacial score (nSPS) is 11.4. The van der Waals surface area contributed by atoms with Gasteiger partial charge < -0.3 is 5.11 Å². The molecule has 2 N–H and O–H groups in total. The summed E-state index contributed by atoms with van der Waals surface area (Å²) < 4.78 is 0. The Balaban J connectivity index is 2.02. The fourth-order valence-corrected chi connectivity index (χ4v) is 2.72. The van der Waals surface area contributed by atoms with E-state index in [2.05, 4.69) is 5.43 Å². The van der Waals surface area contributed by atoms with E-state index in [9.17, 15) is 19.5 Å². The Kier molecular flexibility index (Phi) is 5.97. The number of amides is 2.